The van der Waals surface area contributed by atoms with Crippen LogP contribution < -0.4 is 5.32 Å². The normalized spacial score (nSPS) is 15.7. The highest BCUT2D eigenvalue weighted by atomic mass is 16.1. The Bertz CT molecular complexity index is 674. The molecule has 2 aromatic rings. The number of amides is 1. The van der Waals surface area contributed by atoms with E-state index in [-0.39, 0.29) is 11.9 Å². The first-order valence-electron chi connectivity index (χ1n) is 8.32. The van der Waals surface area contributed by atoms with Crippen LogP contribution in [-0.4, -0.2) is 21.1 Å². The Balaban J connectivity index is 1.82. The first-order valence-corrected chi connectivity index (χ1v) is 8.32. The molecule has 122 valence electrons. The molecular weight excluding hydrogens is 288 g/mol. The number of hydrogen-bond acceptors (Lipinski definition) is 3. The third kappa shape index (κ3) is 3.60. The Labute approximate surface area is 136 Å². The summed E-state index contributed by atoms with van der Waals surface area (Å²) < 4.78 is 0. The largest absolute Gasteiger partial charge is 0.345 e. The van der Waals surface area contributed by atoms with Gasteiger partial charge in [0.25, 0.3) is 5.91 Å². The van der Waals surface area contributed by atoms with E-state index in [0.717, 1.165) is 41.8 Å². The zero-order valence-electron chi connectivity index (χ0n) is 14.0. The van der Waals surface area contributed by atoms with Gasteiger partial charge in [0, 0.05) is 24.0 Å². The van der Waals surface area contributed by atoms with Gasteiger partial charge in [-0.05, 0) is 43.7 Å². The highest BCUT2D eigenvalue weighted by molar-refractivity contribution is 5.97. The minimum absolute atomic E-state index is 0.0300. The predicted molar refractivity (Wildman–Crippen MR) is 89.2 cm³/mol. The summed E-state index contributed by atoms with van der Waals surface area (Å²) in [7, 11) is 0. The molecule has 1 aliphatic carbocycles. The van der Waals surface area contributed by atoms with Crippen molar-refractivity contribution in [2.75, 3.05) is 0 Å². The van der Waals surface area contributed by atoms with Gasteiger partial charge < -0.3 is 5.32 Å². The van der Waals surface area contributed by atoms with Gasteiger partial charge in [0.2, 0.25) is 0 Å². The first-order chi connectivity index (χ1) is 11.1. The molecule has 0 radical (unpaired) electrons. The zero-order valence-corrected chi connectivity index (χ0v) is 14.0. The van der Waals surface area contributed by atoms with Crippen molar-refractivity contribution in [2.24, 2.45) is 5.92 Å². The highest BCUT2D eigenvalue weighted by Crippen LogP contribution is 2.41. The SMILES string of the molecule is Cc1[nH]nc(C2CC2)c1C(=O)N[C@@H](CC(C)C)c1cccnc1. The molecule has 1 aliphatic rings. The molecule has 5 heteroatoms. The molecule has 1 fully saturated rings. The molecular formula is C18H24N4O. The fraction of sp³-hybridized carbons (Fsp3) is 0.500. The van der Waals surface area contributed by atoms with Crippen LogP contribution in [0.15, 0.2) is 24.5 Å². The van der Waals surface area contributed by atoms with Gasteiger partial charge in [0.1, 0.15) is 0 Å². The highest BCUT2D eigenvalue weighted by Gasteiger charge is 2.32. The molecule has 1 atom stereocenters. The molecule has 1 saturated carbocycles. The van der Waals surface area contributed by atoms with E-state index < -0.39 is 0 Å². The lowest BCUT2D eigenvalue weighted by Gasteiger charge is -2.21. The number of aryl methyl sites for hydroxylation is 1. The fourth-order valence-electron chi connectivity index (χ4n) is 2.95. The molecule has 1 amide bonds. The van der Waals surface area contributed by atoms with E-state index in [4.69, 9.17) is 0 Å². The van der Waals surface area contributed by atoms with Crippen LogP contribution in [0.3, 0.4) is 0 Å². The van der Waals surface area contributed by atoms with Gasteiger partial charge >= 0.3 is 0 Å². The third-order valence-corrected chi connectivity index (χ3v) is 4.27. The lowest BCUT2D eigenvalue weighted by atomic mass is 9.97. The van der Waals surface area contributed by atoms with E-state index in [0.29, 0.717) is 11.8 Å². The minimum Gasteiger partial charge on any atom is -0.345 e. The Hall–Kier alpha value is -2.17. The second kappa shape index (κ2) is 6.52. The second-order valence-corrected chi connectivity index (χ2v) is 6.83. The quantitative estimate of drug-likeness (QED) is 0.857. The zero-order chi connectivity index (χ0) is 16.4. The summed E-state index contributed by atoms with van der Waals surface area (Å²) in [6, 6.07) is 3.90. The average Bonchev–Trinajstić information content (AvgIpc) is 3.29. The van der Waals surface area contributed by atoms with E-state index >= 15 is 0 Å². The molecule has 0 spiro atoms. The van der Waals surface area contributed by atoms with Gasteiger partial charge in [-0.25, -0.2) is 0 Å². The van der Waals surface area contributed by atoms with Gasteiger partial charge in [0.15, 0.2) is 0 Å². The molecule has 0 aromatic carbocycles. The van der Waals surface area contributed by atoms with Crippen molar-refractivity contribution in [3.05, 3.63) is 47.0 Å². The lowest BCUT2D eigenvalue weighted by molar-refractivity contribution is 0.0930. The maximum absolute atomic E-state index is 12.9. The lowest BCUT2D eigenvalue weighted by Crippen LogP contribution is -2.30. The standard InChI is InChI=1S/C18H24N4O/c1-11(2)9-15(14-5-4-8-19-10-14)20-18(23)16-12(3)21-22-17(16)13-6-7-13/h4-5,8,10-11,13,15H,6-7,9H2,1-3H3,(H,20,23)(H,21,22)/t15-/m0/s1. The van der Waals surface area contributed by atoms with Crippen LogP contribution in [0.5, 0.6) is 0 Å². The van der Waals surface area contributed by atoms with Crippen LogP contribution in [0, 0.1) is 12.8 Å². The van der Waals surface area contributed by atoms with Crippen LogP contribution in [0.25, 0.3) is 0 Å². The van der Waals surface area contributed by atoms with Gasteiger partial charge in [-0.3, -0.25) is 14.9 Å². The summed E-state index contributed by atoms with van der Waals surface area (Å²) in [6.07, 6.45) is 6.72. The van der Waals surface area contributed by atoms with Crippen LogP contribution in [0.1, 0.15) is 72.4 Å². The van der Waals surface area contributed by atoms with E-state index in [9.17, 15) is 4.79 Å². The number of carbonyl (C=O) groups is 1. The summed E-state index contributed by atoms with van der Waals surface area (Å²) in [4.78, 5) is 17.0. The molecule has 2 aromatic heterocycles. The smallest absolute Gasteiger partial charge is 0.255 e. The summed E-state index contributed by atoms with van der Waals surface area (Å²) in [5, 5.41) is 10.5. The average molecular weight is 312 g/mol. The summed E-state index contributed by atoms with van der Waals surface area (Å²) >= 11 is 0. The van der Waals surface area contributed by atoms with Crippen molar-refractivity contribution < 1.29 is 4.79 Å². The molecule has 3 rings (SSSR count). The van der Waals surface area contributed by atoms with E-state index in [1.807, 2.05) is 25.3 Å². The topological polar surface area (TPSA) is 70.7 Å². The number of nitrogens with zero attached hydrogens (tertiary/aromatic N) is 2. The van der Waals surface area contributed by atoms with Gasteiger partial charge in [-0.15, -0.1) is 0 Å². The van der Waals surface area contributed by atoms with Crippen LogP contribution >= 0.6 is 0 Å². The summed E-state index contributed by atoms with van der Waals surface area (Å²) in [6.45, 7) is 6.23. The number of pyridine rings is 1. The first kappa shape index (κ1) is 15.7. The maximum Gasteiger partial charge on any atom is 0.255 e. The molecule has 2 N–H and O–H groups in total. The summed E-state index contributed by atoms with van der Waals surface area (Å²) in [5.74, 6) is 0.893. The van der Waals surface area contributed by atoms with Crippen LogP contribution in [-0.2, 0) is 0 Å². The van der Waals surface area contributed by atoms with Crippen molar-refractivity contribution >= 4 is 5.91 Å². The van der Waals surface area contributed by atoms with Crippen molar-refractivity contribution in [1.82, 2.24) is 20.5 Å². The van der Waals surface area contributed by atoms with Crippen LogP contribution in [0.2, 0.25) is 0 Å². The number of aromatic nitrogens is 3. The number of hydrogen-bond donors (Lipinski definition) is 2. The van der Waals surface area contributed by atoms with Crippen molar-refractivity contribution in [3.8, 4) is 0 Å². The van der Waals surface area contributed by atoms with Gasteiger partial charge in [-0.2, -0.15) is 5.10 Å². The number of H-pyrrole nitrogens is 1. The monoisotopic (exact) mass is 312 g/mol. The second-order valence-electron chi connectivity index (χ2n) is 6.83. The number of aromatic amines is 1. The van der Waals surface area contributed by atoms with E-state index in [2.05, 4.69) is 34.3 Å². The Morgan fingerprint density at radius 2 is 2.22 bits per heavy atom. The van der Waals surface area contributed by atoms with Crippen molar-refractivity contribution in [3.63, 3.8) is 0 Å². The Kier molecular flexibility index (Phi) is 4.46. The minimum atomic E-state index is -0.0346. The predicted octanol–water partition coefficient (Wildman–Crippen LogP) is 3.51. The molecule has 0 saturated heterocycles. The van der Waals surface area contributed by atoms with Gasteiger partial charge in [0.05, 0.1) is 17.3 Å². The summed E-state index contributed by atoms with van der Waals surface area (Å²) in [5.41, 5.74) is 3.54. The fourth-order valence-corrected chi connectivity index (χ4v) is 2.95. The molecule has 2 heterocycles. The number of nitrogens with one attached hydrogen (secondary N) is 2. The Morgan fingerprint density at radius 3 is 2.83 bits per heavy atom. The molecule has 5 nitrogen and oxygen atoms in total. The molecule has 0 bridgehead atoms. The molecule has 23 heavy (non-hydrogen) atoms. The van der Waals surface area contributed by atoms with E-state index in [1.54, 1.807) is 6.20 Å². The Morgan fingerprint density at radius 1 is 1.43 bits per heavy atom. The van der Waals surface area contributed by atoms with Crippen molar-refractivity contribution in [1.29, 1.82) is 0 Å². The van der Waals surface area contributed by atoms with Gasteiger partial charge in [-0.1, -0.05) is 19.9 Å². The maximum atomic E-state index is 12.9. The molecule has 0 unspecified atom stereocenters. The van der Waals surface area contributed by atoms with Crippen molar-refractivity contribution in [2.45, 2.75) is 52.0 Å². The molecule has 0 aliphatic heterocycles. The third-order valence-electron chi connectivity index (χ3n) is 4.27. The van der Waals surface area contributed by atoms with Crippen LogP contribution in [0.4, 0.5) is 0 Å². The van der Waals surface area contributed by atoms with E-state index in [1.165, 1.54) is 0 Å². The number of rotatable bonds is 6. The number of carbonyl (C=O) groups excluding carboxylic acids is 1.